The fraction of sp³-hybridized carbons (Fsp3) is 0.609. The summed E-state index contributed by atoms with van der Waals surface area (Å²) in [6, 6.07) is 6.46. The maximum absolute atomic E-state index is 13.5. The summed E-state index contributed by atoms with van der Waals surface area (Å²) in [7, 11) is 2.93. The maximum Gasteiger partial charge on any atom is 0.409 e. The fourth-order valence-corrected chi connectivity index (χ4v) is 4.54. The third-order valence-electron chi connectivity index (χ3n) is 6.20. The Morgan fingerprint density at radius 3 is 2.16 bits per heavy atom. The van der Waals surface area contributed by atoms with E-state index in [1.807, 2.05) is 52.0 Å². The van der Waals surface area contributed by atoms with Gasteiger partial charge in [-0.2, -0.15) is 0 Å². The van der Waals surface area contributed by atoms with Crippen LogP contribution in [0, 0.1) is 5.41 Å². The lowest BCUT2D eigenvalue weighted by molar-refractivity contribution is -0.202. The van der Waals surface area contributed by atoms with Crippen molar-refractivity contribution in [1.82, 2.24) is 9.80 Å². The van der Waals surface area contributed by atoms with E-state index in [1.54, 1.807) is 16.9 Å². The highest BCUT2D eigenvalue weighted by atomic mass is 16.6. The number of β-lactam (4-membered cyclic amide) rings is 1. The van der Waals surface area contributed by atoms with Crippen LogP contribution in [-0.2, 0) is 19.1 Å². The molecule has 1 aromatic carbocycles. The molecule has 8 nitrogen and oxygen atoms in total. The second kappa shape index (κ2) is 8.40. The van der Waals surface area contributed by atoms with E-state index in [-0.39, 0.29) is 11.9 Å². The predicted octanol–water partition coefficient (Wildman–Crippen LogP) is 3.16. The minimum Gasteiger partial charge on any atom is -0.497 e. The molecule has 2 atom stereocenters. The summed E-state index contributed by atoms with van der Waals surface area (Å²) in [6.07, 6.45) is 0.381. The van der Waals surface area contributed by atoms with Gasteiger partial charge in [0.1, 0.15) is 17.4 Å². The molecule has 1 spiro atoms. The minimum absolute atomic E-state index is 0.0730. The summed E-state index contributed by atoms with van der Waals surface area (Å²) in [5, 5.41) is 0. The molecule has 2 heterocycles. The van der Waals surface area contributed by atoms with E-state index in [1.165, 1.54) is 7.11 Å². The third kappa shape index (κ3) is 4.20. The number of amides is 2. The lowest BCUT2D eigenvalue weighted by Gasteiger charge is -2.59. The number of carbonyl (C=O) groups is 3. The summed E-state index contributed by atoms with van der Waals surface area (Å²) < 4.78 is 15.7. The number of rotatable bonds is 4. The number of esters is 1. The van der Waals surface area contributed by atoms with Gasteiger partial charge in [-0.25, -0.2) is 9.59 Å². The van der Waals surface area contributed by atoms with Crippen LogP contribution >= 0.6 is 0 Å². The van der Waals surface area contributed by atoms with Crippen molar-refractivity contribution in [2.24, 2.45) is 5.41 Å². The van der Waals surface area contributed by atoms with E-state index in [2.05, 4.69) is 0 Å². The SMILES string of the molecule is COC(=O)N1CCC2(CC1)C(=O)N([C@@H](C)c1ccc(OC)cc1)[C@H]2C(=O)OC(C)(C)C. The normalized spacial score (nSPS) is 21.4. The summed E-state index contributed by atoms with van der Waals surface area (Å²) in [5.41, 5.74) is -0.615. The molecule has 2 amide bonds. The number of piperidine rings is 1. The highest BCUT2D eigenvalue weighted by molar-refractivity contribution is 6.01. The molecule has 0 radical (unpaired) electrons. The van der Waals surface area contributed by atoms with Crippen LogP contribution in [0.1, 0.15) is 52.1 Å². The Kier molecular flexibility index (Phi) is 6.21. The lowest BCUT2D eigenvalue weighted by atomic mass is 9.63. The Bertz CT molecular complexity index is 837. The molecule has 8 heteroatoms. The van der Waals surface area contributed by atoms with Crippen molar-refractivity contribution in [2.45, 2.75) is 58.2 Å². The molecule has 0 N–H and O–H groups in total. The van der Waals surface area contributed by atoms with Gasteiger partial charge in [0.15, 0.2) is 0 Å². The van der Waals surface area contributed by atoms with Gasteiger partial charge < -0.3 is 24.0 Å². The molecule has 31 heavy (non-hydrogen) atoms. The second-order valence-corrected chi connectivity index (χ2v) is 9.21. The van der Waals surface area contributed by atoms with Crippen LogP contribution in [0.5, 0.6) is 5.75 Å². The quantitative estimate of drug-likeness (QED) is 0.537. The number of hydrogen-bond acceptors (Lipinski definition) is 6. The Morgan fingerprint density at radius 2 is 1.68 bits per heavy atom. The predicted molar refractivity (Wildman–Crippen MR) is 114 cm³/mol. The number of carbonyl (C=O) groups excluding carboxylic acids is 3. The zero-order valence-electron chi connectivity index (χ0n) is 19.1. The first kappa shape index (κ1) is 22.9. The van der Waals surface area contributed by atoms with Crippen LogP contribution < -0.4 is 4.74 Å². The molecule has 2 aliphatic heterocycles. The van der Waals surface area contributed by atoms with Crippen molar-refractivity contribution < 1.29 is 28.6 Å². The Balaban J connectivity index is 1.88. The first-order valence-corrected chi connectivity index (χ1v) is 10.6. The van der Waals surface area contributed by atoms with Crippen LogP contribution in [0.25, 0.3) is 0 Å². The van der Waals surface area contributed by atoms with E-state index >= 15 is 0 Å². The van der Waals surface area contributed by atoms with Crippen LogP contribution in [0.2, 0.25) is 0 Å². The molecular weight excluding hydrogens is 400 g/mol. The van der Waals surface area contributed by atoms with Gasteiger partial charge in [0.25, 0.3) is 0 Å². The Morgan fingerprint density at radius 1 is 1.10 bits per heavy atom. The van der Waals surface area contributed by atoms with E-state index in [9.17, 15) is 14.4 Å². The molecule has 0 saturated carbocycles. The third-order valence-corrected chi connectivity index (χ3v) is 6.20. The fourth-order valence-electron chi connectivity index (χ4n) is 4.54. The van der Waals surface area contributed by atoms with Crippen LogP contribution in [0.4, 0.5) is 4.79 Å². The molecule has 0 unspecified atom stereocenters. The smallest absolute Gasteiger partial charge is 0.409 e. The molecule has 2 aliphatic rings. The number of benzene rings is 1. The summed E-state index contributed by atoms with van der Waals surface area (Å²) >= 11 is 0. The van der Waals surface area contributed by atoms with Crippen molar-refractivity contribution in [3.8, 4) is 5.75 Å². The molecule has 2 saturated heterocycles. The number of methoxy groups -OCH3 is 2. The van der Waals surface area contributed by atoms with Gasteiger partial charge in [0.05, 0.1) is 25.7 Å². The molecule has 0 bridgehead atoms. The van der Waals surface area contributed by atoms with Crippen molar-refractivity contribution in [1.29, 1.82) is 0 Å². The Hall–Kier alpha value is -2.77. The topological polar surface area (TPSA) is 85.4 Å². The molecule has 3 rings (SSSR count). The largest absolute Gasteiger partial charge is 0.497 e. The van der Waals surface area contributed by atoms with Gasteiger partial charge in [-0.1, -0.05) is 12.1 Å². The summed E-state index contributed by atoms with van der Waals surface area (Å²) in [5.74, 6) is 0.247. The standard InChI is InChI=1S/C23H32N2O6/c1-15(16-7-9-17(29-5)10-8-16)25-18(19(26)31-22(2,3)4)23(20(25)27)11-13-24(14-12-23)21(28)30-6/h7-10,15,18H,11-14H2,1-6H3/t15-,18-/m0/s1. The van der Waals surface area contributed by atoms with E-state index in [0.29, 0.717) is 25.9 Å². The highest BCUT2D eigenvalue weighted by Crippen LogP contribution is 2.51. The van der Waals surface area contributed by atoms with Gasteiger partial charge in [0.2, 0.25) is 5.91 Å². The van der Waals surface area contributed by atoms with Crippen molar-refractivity contribution in [3.63, 3.8) is 0 Å². The zero-order valence-corrected chi connectivity index (χ0v) is 19.1. The molecular formula is C23H32N2O6. The van der Waals surface area contributed by atoms with E-state index in [0.717, 1.165) is 11.3 Å². The monoisotopic (exact) mass is 432 g/mol. The van der Waals surface area contributed by atoms with Gasteiger partial charge in [-0.15, -0.1) is 0 Å². The summed E-state index contributed by atoms with van der Waals surface area (Å²) in [6.45, 7) is 8.08. The van der Waals surface area contributed by atoms with E-state index in [4.69, 9.17) is 14.2 Å². The average Bonchev–Trinajstić information content (AvgIpc) is 2.74. The zero-order chi connectivity index (χ0) is 23.0. The van der Waals surface area contributed by atoms with Gasteiger partial charge in [-0.3, -0.25) is 4.79 Å². The van der Waals surface area contributed by atoms with Gasteiger partial charge in [-0.05, 0) is 58.2 Å². The Labute approximate surface area is 183 Å². The number of hydrogen-bond donors (Lipinski definition) is 0. The van der Waals surface area contributed by atoms with Crippen molar-refractivity contribution in [3.05, 3.63) is 29.8 Å². The van der Waals surface area contributed by atoms with Crippen molar-refractivity contribution >= 4 is 18.0 Å². The number of likely N-dealkylation sites (tertiary alicyclic amines) is 2. The minimum atomic E-state index is -0.854. The van der Waals surface area contributed by atoms with Crippen LogP contribution in [-0.4, -0.2) is 66.7 Å². The number of ether oxygens (including phenoxy) is 3. The molecule has 2 fully saturated rings. The molecule has 0 aromatic heterocycles. The molecule has 0 aliphatic carbocycles. The molecule has 170 valence electrons. The molecule has 1 aromatic rings. The number of nitrogens with zero attached hydrogens (tertiary/aromatic N) is 2. The average molecular weight is 433 g/mol. The first-order chi connectivity index (χ1) is 14.5. The second-order valence-electron chi connectivity index (χ2n) is 9.21. The summed E-state index contributed by atoms with van der Waals surface area (Å²) in [4.78, 5) is 41.8. The highest BCUT2D eigenvalue weighted by Gasteiger charge is 2.66. The van der Waals surface area contributed by atoms with Crippen LogP contribution in [0.3, 0.4) is 0 Å². The maximum atomic E-state index is 13.5. The van der Waals surface area contributed by atoms with E-state index < -0.39 is 29.1 Å². The van der Waals surface area contributed by atoms with Gasteiger partial charge >= 0.3 is 12.1 Å². The first-order valence-electron chi connectivity index (χ1n) is 10.6. The van der Waals surface area contributed by atoms with Crippen LogP contribution in [0.15, 0.2) is 24.3 Å². The van der Waals surface area contributed by atoms with Crippen molar-refractivity contribution in [2.75, 3.05) is 27.3 Å². The van der Waals surface area contributed by atoms with Gasteiger partial charge in [0, 0.05) is 13.1 Å². The lowest BCUT2D eigenvalue weighted by Crippen LogP contribution is -2.74.